The molecule has 1 unspecified atom stereocenters. The van der Waals surface area contributed by atoms with E-state index in [1.54, 1.807) is 6.92 Å². The van der Waals surface area contributed by atoms with Crippen LogP contribution in [0, 0.1) is 0 Å². The molecule has 0 heterocycles. The van der Waals surface area contributed by atoms with E-state index in [0.29, 0.717) is 6.61 Å². The summed E-state index contributed by atoms with van der Waals surface area (Å²) in [5.74, 6) is -0.908. The van der Waals surface area contributed by atoms with Gasteiger partial charge in [0.2, 0.25) is 0 Å². The number of hydrogen-bond acceptors (Lipinski definition) is 2. The molecule has 0 amide bonds. The summed E-state index contributed by atoms with van der Waals surface area (Å²) in [5, 5.41) is 8.69. The first-order valence-electron chi connectivity index (χ1n) is 10.4. The number of aliphatic carboxylic acids is 1. The monoisotopic (exact) mass is 386 g/mol. The van der Waals surface area contributed by atoms with E-state index >= 15 is 0 Å². The van der Waals surface area contributed by atoms with Crippen molar-refractivity contribution in [3.63, 3.8) is 0 Å². The molecule has 0 fully saturated rings. The van der Waals surface area contributed by atoms with Crippen LogP contribution >= 0.6 is 0 Å². The molecule has 1 N–H and O–H groups in total. The topological polar surface area (TPSA) is 46.5 Å². The van der Waals surface area contributed by atoms with Crippen molar-refractivity contribution in [3.05, 3.63) is 72.9 Å². The van der Waals surface area contributed by atoms with Crippen LogP contribution in [0.4, 0.5) is 0 Å². The highest BCUT2D eigenvalue weighted by Gasteiger charge is 2.09. The first-order chi connectivity index (χ1) is 13.7. The van der Waals surface area contributed by atoms with Crippen LogP contribution in [0.15, 0.2) is 72.9 Å². The molecule has 0 aromatic heterocycles. The highest BCUT2D eigenvalue weighted by molar-refractivity contribution is 5.71. The molecule has 0 saturated carbocycles. The van der Waals surface area contributed by atoms with Gasteiger partial charge < -0.3 is 9.84 Å². The van der Waals surface area contributed by atoms with Gasteiger partial charge in [0.15, 0.2) is 6.10 Å². The zero-order valence-electron chi connectivity index (χ0n) is 17.6. The lowest BCUT2D eigenvalue weighted by Crippen LogP contribution is -2.20. The van der Waals surface area contributed by atoms with Crippen LogP contribution in [0.2, 0.25) is 0 Å². The third-order valence-electron chi connectivity index (χ3n) is 3.83. The van der Waals surface area contributed by atoms with Crippen LogP contribution in [0.5, 0.6) is 0 Å². The van der Waals surface area contributed by atoms with E-state index in [-0.39, 0.29) is 0 Å². The van der Waals surface area contributed by atoms with E-state index in [4.69, 9.17) is 9.84 Å². The molecule has 0 aliphatic carbocycles. The number of carbonyl (C=O) groups is 1. The number of rotatable bonds is 17. The van der Waals surface area contributed by atoms with E-state index in [0.717, 1.165) is 51.4 Å². The van der Waals surface area contributed by atoms with Crippen molar-refractivity contribution in [2.75, 3.05) is 6.61 Å². The molecule has 0 aliphatic rings. The van der Waals surface area contributed by atoms with E-state index in [1.807, 2.05) is 0 Å². The van der Waals surface area contributed by atoms with Gasteiger partial charge in [-0.05, 0) is 58.3 Å². The Morgan fingerprint density at radius 2 is 1.14 bits per heavy atom. The Labute approximate surface area is 171 Å². The van der Waals surface area contributed by atoms with Gasteiger partial charge in [-0.2, -0.15) is 0 Å². The summed E-state index contributed by atoms with van der Waals surface area (Å²) < 4.78 is 5.17. The number of hydrogen-bond donors (Lipinski definition) is 1. The van der Waals surface area contributed by atoms with E-state index < -0.39 is 12.1 Å². The summed E-state index contributed by atoms with van der Waals surface area (Å²) >= 11 is 0. The SMILES string of the molecule is CCC=CCC=CCC=CCC=CCC=CCC=CCCCOC(C)C(=O)O. The molecule has 0 radical (unpaired) electrons. The van der Waals surface area contributed by atoms with Crippen LogP contribution < -0.4 is 0 Å². The van der Waals surface area contributed by atoms with E-state index in [9.17, 15) is 4.79 Å². The summed E-state index contributed by atoms with van der Waals surface area (Å²) in [7, 11) is 0. The molecule has 0 rings (SSSR count). The number of carboxylic acid groups (broad SMARTS) is 1. The second kappa shape index (κ2) is 21.2. The minimum atomic E-state index is -0.908. The van der Waals surface area contributed by atoms with Gasteiger partial charge in [-0.15, -0.1) is 0 Å². The van der Waals surface area contributed by atoms with Gasteiger partial charge in [0, 0.05) is 6.61 Å². The second-order valence-electron chi connectivity index (χ2n) is 6.41. The Morgan fingerprint density at radius 1 is 0.750 bits per heavy atom. The summed E-state index contributed by atoms with van der Waals surface area (Å²) in [6.45, 7) is 4.19. The van der Waals surface area contributed by atoms with Crippen LogP contribution in [0.1, 0.15) is 65.2 Å². The van der Waals surface area contributed by atoms with Crippen molar-refractivity contribution in [1.82, 2.24) is 0 Å². The molecule has 0 aromatic carbocycles. The zero-order chi connectivity index (χ0) is 20.7. The van der Waals surface area contributed by atoms with Gasteiger partial charge in [-0.25, -0.2) is 4.79 Å². The first-order valence-corrected chi connectivity index (χ1v) is 10.4. The van der Waals surface area contributed by atoms with Crippen molar-refractivity contribution in [2.45, 2.75) is 71.3 Å². The zero-order valence-corrected chi connectivity index (χ0v) is 17.6. The number of ether oxygens (including phenoxy) is 1. The lowest BCUT2D eigenvalue weighted by atomic mass is 10.2. The Morgan fingerprint density at radius 3 is 1.54 bits per heavy atom. The standard InChI is InChI=1S/C25H38O3/c1-3-4-5-6-7-8-9-10-11-12-13-14-15-16-17-18-19-20-21-22-23-28-24(2)25(26)27/h4-5,7-8,10-11,13-14,16-17,19-20,24H,3,6,9,12,15,18,21-23H2,1-2H3,(H,26,27). The van der Waals surface area contributed by atoms with Crippen LogP contribution in [-0.2, 0) is 9.53 Å². The van der Waals surface area contributed by atoms with Crippen LogP contribution in [0.25, 0.3) is 0 Å². The summed E-state index contributed by atoms with van der Waals surface area (Å²) in [5.41, 5.74) is 0. The van der Waals surface area contributed by atoms with Crippen molar-refractivity contribution < 1.29 is 14.6 Å². The van der Waals surface area contributed by atoms with Crippen molar-refractivity contribution in [1.29, 1.82) is 0 Å². The minimum absolute atomic E-state index is 0.486. The maximum absolute atomic E-state index is 10.6. The Bertz CT molecular complexity index is 536. The maximum atomic E-state index is 10.6. The average Bonchev–Trinajstić information content (AvgIpc) is 2.68. The molecular formula is C25H38O3. The molecule has 0 aliphatic heterocycles. The molecule has 0 spiro atoms. The highest BCUT2D eigenvalue weighted by Crippen LogP contribution is 1.99. The van der Waals surface area contributed by atoms with Crippen molar-refractivity contribution in [3.8, 4) is 0 Å². The van der Waals surface area contributed by atoms with Gasteiger partial charge >= 0.3 is 5.97 Å². The van der Waals surface area contributed by atoms with Crippen LogP contribution in [0.3, 0.4) is 0 Å². The lowest BCUT2D eigenvalue weighted by Gasteiger charge is -2.06. The summed E-state index contributed by atoms with van der Waals surface area (Å²) in [6.07, 6.45) is 33.3. The minimum Gasteiger partial charge on any atom is -0.479 e. The van der Waals surface area contributed by atoms with Gasteiger partial charge in [-0.3, -0.25) is 0 Å². The van der Waals surface area contributed by atoms with Gasteiger partial charge in [0.05, 0.1) is 0 Å². The predicted molar refractivity (Wildman–Crippen MR) is 120 cm³/mol. The Hall–Kier alpha value is -2.13. The molecular weight excluding hydrogens is 348 g/mol. The normalized spacial score (nSPS) is 14.1. The fourth-order valence-electron chi connectivity index (χ4n) is 2.17. The summed E-state index contributed by atoms with van der Waals surface area (Å²) in [4.78, 5) is 10.6. The van der Waals surface area contributed by atoms with Gasteiger partial charge in [0.1, 0.15) is 0 Å². The van der Waals surface area contributed by atoms with Crippen molar-refractivity contribution in [2.24, 2.45) is 0 Å². The van der Waals surface area contributed by atoms with E-state index in [1.165, 1.54) is 0 Å². The Balaban J connectivity index is 3.52. The lowest BCUT2D eigenvalue weighted by molar-refractivity contribution is -0.149. The van der Waals surface area contributed by atoms with Gasteiger partial charge in [0.25, 0.3) is 0 Å². The molecule has 0 bridgehead atoms. The van der Waals surface area contributed by atoms with Crippen molar-refractivity contribution >= 4 is 5.97 Å². The van der Waals surface area contributed by atoms with E-state index in [2.05, 4.69) is 79.8 Å². The number of unbranched alkanes of at least 4 members (excludes halogenated alkanes) is 1. The molecule has 1 atom stereocenters. The fourth-order valence-corrected chi connectivity index (χ4v) is 2.17. The maximum Gasteiger partial charge on any atom is 0.332 e. The van der Waals surface area contributed by atoms with Crippen LogP contribution in [-0.4, -0.2) is 23.8 Å². The molecule has 3 nitrogen and oxygen atoms in total. The second-order valence-corrected chi connectivity index (χ2v) is 6.41. The number of allylic oxidation sites excluding steroid dienone is 12. The predicted octanol–water partition coefficient (Wildman–Crippen LogP) is 6.95. The number of carboxylic acids is 1. The molecule has 0 aromatic rings. The highest BCUT2D eigenvalue weighted by atomic mass is 16.5. The fraction of sp³-hybridized carbons (Fsp3) is 0.480. The Kier molecular flexibility index (Phi) is 19.6. The van der Waals surface area contributed by atoms with Gasteiger partial charge in [-0.1, -0.05) is 79.8 Å². The quantitative estimate of drug-likeness (QED) is 0.217. The summed E-state index contributed by atoms with van der Waals surface area (Å²) in [6, 6.07) is 0. The third kappa shape index (κ3) is 20.2. The largest absolute Gasteiger partial charge is 0.479 e. The third-order valence-corrected chi connectivity index (χ3v) is 3.83. The molecule has 3 heteroatoms. The first kappa shape index (κ1) is 25.9. The molecule has 28 heavy (non-hydrogen) atoms. The molecule has 0 saturated heterocycles. The smallest absolute Gasteiger partial charge is 0.332 e. The molecule has 156 valence electrons. The average molecular weight is 387 g/mol.